The van der Waals surface area contributed by atoms with Crippen LogP contribution in [-0.4, -0.2) is 21.6 Å². The molecule has 28 heavy (non-hydrogen) atoms. The molecule has 0 aliphatic heterocycles. The highest BCUT2D eigenvalue weighted by Gasteiger charge is 2.22. The molecule has 6 nitrogen and oxygen atoms in total. The van der Waals surface area contributed by atoms with Crippen molar-refractivity contribution in [2.45, 2.75) is 13.5 Å². The van der Waals surface area contributed by atoms with E-state index in [1.807, 2.05) is 12.1 Å². The monoisotopic (exact) mass is 420 g/mol. The number of hydrogen-bond donors (Lipinski definition) is 2. The summed E-state index contributed by atoms with van der Waals surface area (Å²) >= 11 is 12.5. The largest absolute Gasteiger partial charge is 0.274 e. The van der Waals surface area contributed by atoms with Gasteiger partial charge in [-0.3, -0.25) is 20.4 Å². The molecule has 0 aliphatic carbocycles. The molecule has 0 saturated heterocycles. The topological polar surface area (TPSA) is 76.0 Å². The predicted octanol–water partition coefficient (Wildman–Crippen LogP) is 3.76. The van der Waals surface area contributed by atoms with Gasteiger partial charge in [0.05, 0.1) is 17.8 Å². The first-order valence-electron chi connectivity index (χ1n) is 8.20. The number of nitrogens with one attached hydrogen (secondary N) is 2. The molecule has 2 N–H and O–H groups in total. The highest BCUT2D eigenvalue weighted by molar-refractivity contribution is 6.33. The summed E-state index contributed by atoms with van der Waals surface area (Å²) in [5, 5.41) is 4.90. The second-order valence-corrected chi connectivity index (χ2v) is 6.65. The second-order valence-electron chi connectivity index (χ2n) is 5.89. The van der Waals surface area contributed by atoms with Gasteiger partial charge in [0.2, 0.25) is 0 Å². The van der Waals surface area contributed by atoms with Crippen LogP contribution in [0.15, 0.2) is 48.5 Å². The Kier molecular flexibility index (Phi) is 5.96. The molecule has 0 bridgehead atoms. The number of nitrogens with zero attached hydrogens (tertiary/aromatic N) is 2. The number of benzene rings is 2. The zero-order valence-corrected chi connectivity index (χ0v) is 16.2. The Morgan fingerprint density at radius 2 is 1.68 bits per heavy atom. The molecule has 1 aromatic heterocycles. The number of aryl methyl sites for hydroxylation is 1. The summed E-state index contributed by atoms with van der Waals surface area (Å²) in [6.45, 7) is 1.89. The van der Waals surface area contributed by atoms with Gasteiger partial charge in [0.1, 0.15) is 16.5 Å². The Balaban J connectivity index is 1.74. The third-order valence-electron chi connectivity index (χ3n) is 3.98. The molecule has 0 fully saturated rings. The number of carbonyl (C=O) groups is 2. The number of hydrazine groups is 1. The maximum Gasteiger partial charge on any atom is 0.274 e. The maximum atomic E-state index is 13.6. The van der Waals surface area contributed by atoms with Gasteiger partial charge < -0.3 is 0 Å². The molecule has 3 rings (SSSR count). The molecule has 0 spiro atoms. The fourth-order valence-corrected chi connectivity index (χ4v) is 3.11. The summed E-state index contributed by atoms with van der Waals surface area (Å²) < 4.78 is 15.1. The minimum atomic E-state index is -0.788. The van der Waals surface area contributed by atoms with Crippen molar-refractivity contribution < 1.29 is 14.0 Å². The molecule has 9 heteroatoms. The summed E-state index contributed by atoms with van der Waals surface area (Å²) in [6.07, 6.45) is 0. The van der Waals surface area contributed by atoms with E-state index in [4.69, 9.17) is 23.2 Å². The third kappa shape index (κ3) is 4.16. The first-order valence-corrected chi connectivity index (χ1v) is 8.95. The molecule has 0 saturated carbocycles. The zero-order valence-electron chi connectivity index (χ0n) is 14.7. The number of carbonyl (C=O) groups excluding carboxylic acids is 2. The lowest BCUT2D eigenvalue weighted by Crippen LogP contribution is -2.42. The van der Waals surface area contributed by atoms with Crippen molar-refractivity contribution >= 4 is 35.0 Å². The van der Waals surface area contributed by atoms with Crippen molar-refractivity contribution in [3.05, 3.63) is 86.9 Å². The Labute approximate surface area is 170 Å². The lowest BCUT2D eigenvalue weighted by molar-refractivity contribution is 0.0844. The van der Waals surface area contributed by atoms with Crippen LogP contribution >= 0.6 is 23.2 Å². The van der Waals surface area contributed by atoms with Gasteiger partial charge in [-0.15, -0.1) is 0 Å². The summed E-state index contributed by atoms with van der Waals surface area (Å²) in [5.74, 6) is -2.16. The standard InChI is InChI=1S/C19H15Cl2FN4O2/c1-11-16(17(21)26(25-11)10-12-6-2-4-8-14(12)20)19(28)24-23-18(27)13-7-3-5-9-15(13)22/h2-9H,10H2,1H3,(H,23,27)(H,24,28). The van der Waals surface area contributed by atoms with Crippen molar-refractivity contribution in [2.24, 2.45) is 0 Å². The Hall–Kier alpha value is -2.90. The average Bonchev–Trinajstić information content (AvgIpc) is 2.95. The van der Waals surface area contributed by atoms with Gasteiger partial charge in [-0.1, -0.05) is 53.5 Å². The minimum absolute atomic E-state index is 0.0926. The summed E-state index contributed by atoms with van der Waals surface area (Å²) in [5.41, 5.74) is 5.45. The number of halogens is 3. The van der Waals surface area contributed by atoms with E-state index in [0.29, 0.717) is 10.7 Å². The number of hydrogen-bond acceptors (Lipinski definition) is 3. The van der Waals surface area contributed by atoms with E-state index in [0.717, 1.165) is 11.6 Å². The Morgan fingerprint density at radius 1 is 1.04 bits per heavy atom. The van der Waals surface area contributed by atoms with Crippen LogP contribution < -0.4 is 10.9 Å². The van der Waals surface area contributed by atoms with Crippen LogP contribution in [0.1, 0.15) is 32.0 Å². The SMILES string of the molecule is Cc1nn(Cc2ccccc2Cl)c(Cl)c1C(=O)NNC(=O)c1ccccc1F. The molecule has 2 amide bonds. The van der Waals surface area contributed by atoms with E-state index >= 15 is 0 Å². The van der Waals surface area contributed by atoms with Crippen molar-refractivity contribution in [1.82, 2.24) is 20.6 Å². The summed E-state index contributed by atoms with van der Waals surface area (Å²) in [6, 6.07) is 12.6. The summed E-state index contributed by atoms with van der Waals surface area (Å²) in [7, 11) is 0. The molecule has 3 aromatic rings. The van der Waals surface area contributed by atoms with Crippen molar-refractivity contribution in [3.63, 3.8) is 0 Å². The van der Waals surface area contributed by atoms with Gasteiger partial charge in [0.15, 0.2) is 0 Å². The highest BCUT2D eigenvalue weighted by atomic mass is 35.5. The molecule has 0 atom stereocenters. The smallest absolute Gasteiger partial charge is 0.267 e. The van der Waals surface area contributed by atoms with Crippen LogP contribution in [0.25, 0.3) is 0 Å². The first-order chi connectivity index (χ1) is 13.4. The number of amides is 2. The molecular weight excluding hydrogens is 406 g/mol. The summed E-state index contributed by atoms with van der Waals surface area (Å²) in [4.78, 5) is 24.5. The second kappa shape index (κ2) is 8.41. The van der Waals surface area contributed by atoms with Gasteiger partial charge in [0.25, 0.3) is 11.8 Å². The molecule has 2 aromatic carbocycles. The van der Waals surface area contributed by atoms with Crippen LogP contribution in [-0.2, 0) is 6.54 Å². The molecule has 0 aliphatic rings. The lowest BCUT2D eigenvalue weighted by atomic mass is 10.2. The van der Waals surface area contributed by atoms with Crippen LogP contribution in [0.5, 0.6) is 0 Å². The van der Waals surface area contributed by atoms with E-state index < -0.39 is 17.6 Å². The average molecular weight is 421 g/mol. The van der Waals surface area contributed by atoms with Crippen LogP contribution in [0, 0.1) is 12.7 Å². The molecule has 0 unspecified atom stereocenters. The van der Waals surface area contributed by atoms with E-state index in [-0.39, 0.29) is 22.8 Å². The van der Waals surface area contributed by atoms with E-state index in [2.05, 4.69) is 16.0 Å². The Morgan fingerprint density at radius 3 is 2.39 bits per heavy atom. The lowest BCUT2D eigenvalue weighted by Gasteiger charge is -2.08. The predicted molar refractivity (Wildman–Crippen MR) is 104 cm³/mol. The molecule has 144 valence electrons. The zero-order chi connectivity index (χ0) is 20.3. The van der Waals surface area contributed by atoms with E-state index in [9.17, 15) is 14.0 Å². The minimum Gasteiger partial charge on any atom is -0.267 e. The Bertz CT molecular complexity index is 1050. The quantitative estimate of drug-likeness (QED) is 0.630. The number of aromatic nitrogens is 2. The van der Waals surface area contributed by atoms with Gasteiger partial charge in [-0.2, -0.15) is 5.10 Å². The van der Waals surface area contributed by atoms with Gasteiger partial charge >= 0.3 is 0 Å². The third-order valence-corrected chi connectivity index (χ3v) is 4.73. The van der Waals surface area contributed by atoms with Gasteiger partial charge in [0, 0.05) is 5.02 Å². The van der Waals surface area contributed by atoms with E-state index in [1.165, 1.54) is 22.9 Å². The van der Waals surface area contributed by atoms with Gasteiger partial charge in [-0.25, -0.2) is 9.07 Å². The van der Waals surface area contributed by atoms with Crippen molar-refractivity contribution in [3.8, 4) is 0 Å². The van der Waals surface area contributed by atoms with E-state index in [1.54, 1.807) is 19.1 Å². The maximum absolute atomic E-state index is 13.6. The normalized spacial score (nSPS) is 10.6. The molecule has 1 heterocycles. The number of rotatable bonds is 4. The molecular formula is C19H15Cl2FN4O2. The molecule has 0 radical (unpaired) electrons. The highest BCUT2D eigenvalue weighted by Crippen LogP contribution is 2.23. The first kappa shape index (κ1) is 19.9. The van der Waals surface area contributed by atoms with Crippen molar-refractivity contribution in [2.75, 3.05) is 0 Å². The van der Waals surface area contributed by atoms with Crippen LogP contribution in [0.3, 0.4) is 0 Å². The fraction of sp³-hybridized carbons (Fsp3) is 0.105. The van der Waals surface area contributed by atoms with Crippen LogP contribution in [0.4, 0.5) is 4.39 Å². The van der Waals surface area contributed by atoms with Gasteiger partial charge in [-0.05, 0) is 30.7 Å². The van der Waals surface area contributed by atoms with Crippen LogP contribution in [0.2, 0.25) is 10.2 Å². The van der Waals surface area contributed by atoms with Crippen molar-refractivity contribution in [1.29, 1.82) is 0 Å². The fourth-order valence-electron chi connectivity index (χ4n) is 2.59.